The van der Waals surface area contributed by atoms with Gasteiger partial charge in [0.2, 0.25) is 6.79 Å². The molecule has 2 aromatic carbocycles. The van der Waals surface area contributed by atoms with Crippen molar-refractivity contribution < 1.29 is 18.7 Å². The van der Waals surface area contributed by atoms with Crippen LogP contribution in [-0.2, 0) is 0 Å². The smallest absolute Gasteiger partial charge is 0.231 e. The number of rotatable bonds is 3. The Bertz CT molecular complexity index is 907. The molecule has 0 unspecified atom stereocenters. The molecule has 0 saturated carbocycles. The van der Waals surface area contributed by atoms with E-state index in [2.05, 4.69) is 10.3 Å². The quantitative estimate of drug-likeness (QED) is 0.696. The van der Waals surface area contributed by atoms with Gasteiger partial charge in [-0.1, -0.05) is 11.3 Å². The van der Waals surface area contributed by atoms with E-state index in [1.807, 2.05) is 0 Å². The van der Waals surface area contributed by atoms with Gasteiger partial charge in [0.25, 0.3) is 0 Å². The maximum Gasteiger partial charge on any atom is 0.231 e. The van der Waals surface area contributed by atoms with Crippen molar-refractivity contribution in [3.05, 3.63) is 54.0 Å². The molecule has 0 saturated heterocycles. The summed E-state index contributed by atoms with van der Waals surface area (Å²) in [5.41, 5.74) is 1.76. The van der Waals surface area contributed by atoms with Crippen LogP contribution in [0.5, 0.6) is 11.5 Å². The number of halogens is 1. The highest BCUT2D eigenvalue weighted by Gasteiger charge is 2.20. The third-order valence-corrected chi connectivity index (χ3v) is 3.51. The molecule has 0 N–H and O–H groups in total. The predicted octanol–water partition coefficient (Wildman–Crippen LogP) is 2.61. The first-order chi connectivity index (χ1) is 11.3. The molecule has 23 heavy (non-hydrogen) atoms. The molecule has 0 amide bonds. The van der Waals surface area contributed by atoms with Crippen molar-refractivity contribution in [2.75, 3.05) is 6.79 Å². The van der Waals surface area contributed by atoms with Crippen LogP contribution in [0, 0.1) is 5.82 Å². The van der Waals surface area contributed by atoms with Crippen LogP contribution in [0.1, 0.15) is 10.5 Å². The predicted molar refractivity (Wildman–Crippen MR) is 78.3 cm³/mol. The number of fused-ring (bicyclic) bond motifs is 1. The first-order valence-electron chi connectivity index (χ1n) is 6.83. The molecule has 2 heterocycles. The Morgan fingerprint density at radius 3 is 2.83 bits per heavy atom. The number of nitrogens with zero attached hydrogens (tertiary/aromatic N) is 3. The molecule has 0 atom stereocenters. The summed E-state index contributed by atoms with van der Waals surface area (Å²) < 4.78 is 25.5. The van der Waals surface area contributed by atoms with Crippen LogP contribution in [-0.4, -0.2) is 28.1 Å². The van der Waals surface area contributed by atoms with Gasteiger partial charge in [-0.25, -0.2) is 9.07 Å². The van der Waals surface area contributed by atoms with Crippen LogP contribution in [0.2, 0.25) is 0 Å². The summed E-state index contributed by atoms with van der Waals surface area (Å²) in [6.45, 7) is 0.154. The Morgan fingerprint density at radius 1 is 1.13 bits per heavy atom. The van der Waals surface area contributed by atoms with Gasteiger partial charge in [0, 0.05) is 5.56 Å². The molecule has 114 valence electrons. The Labute approximate surface area is 130 Å². The molecule has 1 aliphatic heterocycles. The second-order valence-electron chi connectivity index (χ2n) is 4.90. The fourth-order valence-electron chi connectivity index (χ4n) is 2.48. The average molecular weight is 311 g/mol. The van der Waals surface area contributed by atoms with E-state index in [1.54, 1.807) is 30.3 Å². The molecular formula is C16H10FN3O3. The number of hydrogen-bond donors (Lipinski definition) is 0. The molecule has 6 nitrogen and oxygen atoms in total. The highest BCUT2D eigenvalue weighted by molar-refractivity contribution is 5.84. The average Bonchev–Trinajstić information content (AvgIpc) is 3.20. The van der Waals surface area contributed by atoms with Gasteiger partial charge >= 0.3 is 0 Å². The zero-order valence-corrected chi connectivity index (χ0v) is 11.8. The zero-order valence-electron chi connectivity index (χ0n) is 11.8. The van der Waals surface area contributed by atoms with Crippen molar-refractivity contribution in [1.29, 1.82) is 0 Å². The zero-order chi connectivity index (χ0) is 15.8. The third kappa shape index (κ3) is 2.22. The van der Waals surface area contributed by atoms with Gasteiger partial charge in [-0.05, 0) is 36.4 Å². The lowest BCUT2D eigenvalue weighted by Gasteiger charge is -2.08. The minimum absolute atomic E-state index is 0.154. The van der Waals surface area contributed by atoms with Gasteiger partial charge in [-0.2, -0.15) is 0 Å². The van der Waals surface area contributed by atoms with E-state index in [1.165, 1.54) is 16.8 Å². The maximum absolute atomic E-state index is 13.5. The Hall–Kier alpha value is -3.22. The van der Waals surface area contributed by atoms with E-state index in [4.69, 9.17) is 9.47 Å². The summed E-state index contributed by atoms with van der Waals surface area (Å²) in [7, 11) is 0. The molecule has 1 aromatic heterocycles. The minimum Gasteiger partial charge on any atom is -0.454 e. The minimum atomic E-state index is -0.401. The summed E-state index contributed by atoms with van der Waals surface area (Å²) in [6.07, 6.45) is 0.614. The number of hydrogen-bond acceptors (Lipinski definition) is 5. The summed E-state index contributed by atoms with van der Waals surface area (Å²) >= 11 is 0. The first kappa shape index (κ1) is 13.4. The van der Waals surface area contributed by atoms with Crippen molar-refractivity contribution in [1.82, 2.24) is 15.0 Å². The molecule has 4 rings (SSSR count). The summed E-state index contributed by atoms with van der Waals surface area (Å²) in [5, 5.41) is 7.83. The summed E-state index contributed by atoms with van der Waals surface area (Å²) in [4.78, 5) is 11.3. The first-order valence-corrected chi connectivity index (χ1v) is 6.83. The molecule has 0 bridgehead atoms. The normalized spacial score (nSPS) is 12.4. The largest absolute Gasteiger partial charge is 0.454 e. The van der Waals surface area contributed by atoms with Crippen molar-refractivity contribution in [3.8, 4) is 28.4 Å². The fourth-order valence-corrected chi connectivity index (χ4v) is 2.48. The highest BCUT2D eigenvalue weighted by atomic mass is 19.1. The summed E-state index contributed by atoms with van der Waals surface area (Å²) in [5.74, 6) is 0.805. The molecule has 0 radical (unpaired) electrons. The van der Waals surface area contributed by atoms with E-state index in [-0.39, 0.29) is 12.5 Å². The number of ether oxygens (including phenoxy) is 2. The second kappa shape index (κ2) is 5.20. The van der Waals surface area contributed by atoms with Crippen molar-refractivity contribution in [2.45, 2.75) is 0 Å². The molecular weight excluding hydrogens is 301 g/mol. The van der Waals surface area contributed by atoms with Gasteiger partial charge in [0.1, 0.15) is 11.5 Å². The molecule has 1 aliphatic rings. The molecule has 0 fully saturated rings. The van der Waals surface area contributed by atoms with Gasteiger partial charge in [-0.15, -0.1) is 5.10 Å². The molecule has 3 aromatic rings. The Morgan fingerprint density at radius 2 is 2.00 bits per heavy atom. The van der Waals surface area contributed by atoms with E-state index >= 15 is 0 Å². The number of aromatic nitrogens is 3. The molecule has 0 aliphatic carbocycles. The topological polar surface area (TPSA) is 66.2 Å². The van der Waals surface area contributed by atoms with Crippen LogP contribution in [0.3, 0.4) is 0 Å². The third-order valence-electron chi connectivity index (χ3n) is 3.51. The highest BCUT2D eigenvalue weighted by Crippen LogP contribution is 2.36. The number of carbonyl (C=O) groups is 1. The monoisotopic (exact) mass is 311 g/mol. The van der Waals surface area contributed by atoms with Crippen LogP contribution in [0.15, 0.2) is 42.5 Å². The van der Waals surface area contributed by atoms with E-state index < -0.39 is 5.82 Å². The maximum atomic E-state index is 13.5. The molecule has 7 heteroatoms. The van der Waals surface area contributed by atoms with Crippen molar-refractivity contribution >= 4 is 6.29 Å². The van der Waals surface area contributed by atoms with Crippen LogP contribution < -0.4 is 9.47 Å². The Kier molecular flexibility index (Phi) is 3.04. The molecule has 0 spiro atoms. The van der Waals surface area contributed by atoms with Gasteiger partial charge < -0.3 is 9.47 Å². The van der Waals surface area contributed by atoms with Crippen molar-refractivity contribution in [2.24, 2.45) is 0 Å². The van der Waals surface area contributed by atoms with Crippen LogP contribution in [0.25, 0.3) is 16.9 Å². The number of benzene rings is 2. The van der Waals surface area contributed by atoms with E-state index in [9.17, 15) is 9.18 Å². The van der Waals surface area contributed by atoms with Gasteiger partial charge in [0.15, 0.2) is 23.5 Å². The van der Waals surface area contributed by atoms with Crippen LogP contribution in [0.4, 0.5) is 4.39 Å². The summed E-state index contributed by atoms with van der Waals surface area (Å²) in [6, 6.07) is 11.2. The lowest BCUT2D eigenvalue weighted by atomic mass is 10.1. The standard InChI is InChI=1S/C16H10FN3O3/c17-11-2-1-3-12(7-11)20-16(13(8-21)18-19-20)10-4-5-14-15(6-10)23-9-22-14/h1-8H,9H2. The van der Waals surface area contributed by atoms with Crippen molar-refractivity contribution in [3.63, 3.8) is 0 Å². The number of carbonyl (C=O) groups excluding carboxylic acids is 1. The van der Waals surface area contributed by atoms with E-state index in [0.29, 0.717) is 34.7 Å². The lowest BCUT2D eigenvalue weighted by Crippen LogP contribution is -2.00. The second-order valence-corrected chi connectivity index (χ2v) is 4.90. The van der Waals surface area contributed by atoms with Gasteiger partial charge in [0.05, 0.1) is 5.69 Å². The van der Waals surface area contributed by atoms with Gasteiger partial charge in [-0.3, -0.25) is 4.79 Å². The Balaban J connectivity index is 1.90. The van der Waals surface area contributed by atoms with E-state index in [0.717, 1.165) is 0 Å². The fraction of sp³-hybridized carbons (Fsp3) is 0.0625. The lowest BCUT2D eigenvalue weighted by molar-refractivity contribution is 0.111. The SMILES string of the molecule is O=Cc1nnn(-c2cccc(F)c2)c1-c1ccc2c(c1)OCO2. The number of aldehydes is 1. The van der Waals surface area contributed by atoms with Crippen LogP contribution >= 0.6 is 0 Å².